The van der Waals surface area contributed by atoms with Crippen molar-refractivity contribution in [2.24, 2.45) is 0 Å². The lowest BCUT2D eigenvalue weighted by molar-refractivity contribution is 0.120. The molecule has 1 aliphatic rings. The highest BCUT2D eigenvalue weighted by Crippen LogP contribution is 2.18. The van der Waals surface area contributed by atoms with Crippen molar-refractivity contribution in [3.8, 4) is 0 Å². The van der Waals surface area contributed by atoms with Gasteiger partial charge in [0.1, 0.15) is 6.10 Å². The average Bonchev–Trinajstić information content (AvgIpc) is 2.37. The molecule has 1 heterocycles. The van der Waals surface area contributed by atoms with Gasteiger partial charge in [-0.3, -0.25) is 0 Å². The van der Waals surface area contributed by atoms with Gasteiger partial charge in [0.05, 0.1) is 6.26 Å². The maximum Gasteiger partial charge on any atom is 0.110 e. The largest absolute Gasteiger partial charge is 0.497 e. The first kappa shape index (κ1) is 12.5. The van der Waals surface area contributed by atoms with E-state index in [9.17, 15) is 0 Å². The van der Waals surface area contributed by atoms with Crippen LogP contribution in [0.4, 0.5) is 0 Å². The SMILES string of the molecule is C[C@H](NCC1CCC=CO1)c1cccc(Cl)c1. The Hall–Kier alpha value is -0.990. The van der Waals surface area contributed by atoms with Gasteiger partial charge in [-0.05, 0) is 43.5 Å². The van der Waals surface area contributed by atoms with E-state index < -0.39 is 0 Å². The lowest BCUT2D eigenvalue weighted by Gasteiger charge is -2.22. The second-order valence-corrected chi connectivity index (χ2v) is 4.83. The summed E-state index contributed by atoms with van der Waals surface area (Å²) in [6.07, 6.45) is 6.36. The highest BCUT2D eigenvalue weighted by atomic mass is 35.5. The van der Waals surface area contributed by atoms with Crippen molar-refractivity contribution in [2.75, 3.05) is 6.54 Å². The van der Waals surface area contributed by atoms with E-state index >= 15 is 0 Å². The summed E-state index contributed by atoms with van der Waals surface area (Å²) in [5.41, 5.74) is 1.21. The van der Waals surface area contributed by atoms with Crippen LogP contribution >= 0.6 is 11.6 Å². The van der Waals surface area contributed by atoms with Gasteiger partial charge in [0.2, 0.25) is 0 Å². The lowest BCUT2D eigenvalue weighted by Crippen LogP contribution is -2.31. The molecule has 2 nitrogen and oxygen atoms in total. The number of ether oxygens (including phenoxy) is 1. The van der Waals surface area contributed by atoms with Gasteiger partial charge in [-0.25, -0.2) is 0 Å². The first-order chi connectivity index (χ1) is 8.25. The van der Waals surface area contributed by atoms with Crippen molar-refractivity contribution in [2.45, 2.75) is 31.9 Å². The molecule has 1 aromatic rings. The van der Waals surface area contributed by atoms with E-state index in [0.717, 1.165) is 24.4 Å². The van der Waals surface area contributed by atoms with E-state index in [4.69, 9.17) is 16.3 Å². The van der Waals surface area contributed by atoms with E-state index in [1.54, 1.807) is 6.26 Å². The van der Waals surface area contributed by atoms with Crippen molar-refractivity contribution in [1.82, 2.24) is 5.32 Å². The first-order valence-corrected chi connectivity index (χ1v) is 6.43. The Morgan fingerprint density at radius 1 is 1.53 bits per heavy atom. The zero-order valence-corrected chi connectivity index (χ0v) is 10.8. The molecule has 0 bridgehead atoms. The monoisotopic (exact) mass is 251 g/mol. The van der Waals surface area contributed by atoms with Gasteiger partial charge >= 0.3 is 0 Å². The Kier molecular flexibility index (Phi) is 4.46. The number of hydrogen-bond acceptors (Lipinski definition) is 2. The number of allylic oxidation sites excluding steroid dienone is 1. The second kappa shape index (κ2) is 6.08. The third kappa shape index (κ3) is 3.76. The molecule has 2 atom stereocenters. The molecular weight excluding hydrogens is 234 g/mol. The Morgan fingerprint density at radius 2 is 2.41 bits per heavy atom. The van der Waals surface area contributed by atoms with Gasteiger partial charge in [-0.15, -0.1) is 0 Å². The molecule has 3 heteroatoms. The van der Waals surface area contributed by atoms with E-state index in [1.165, 1.54) is 5.56 Å². The molecule has 0 aromatic heterocycles. The van der Waals surface area contributed by atoms with E-state index in [-0.39, 0.29) is 0 Å². The van der Waals surface area contributed by atoms with E-state index in [0.29, 0.717) is 12.1 Å². The molecule has 0 radical (unpaired) electrons. The van der Waals surface area contributed by atoms with Gasteiger partial charge in [-0.2, -0.15) is 0 Å². The van der Waals surface area contributed by atoms with Crippen LogP contribution in [-0.4, -0.2) is 12.6 Å². The molecule has 0 spiro atoms. The van der Waals surface area contributed by atoms with Crippen molar-refractivity contribution in [3.63, 3.8) is 0 Å². The molecule has 1 aliphatic heterocycles. The summed E-state index contributed by atoms with van der Waals surface area (Å²) in [6.45, 7) is 3.02. The Morgan fingerprint density at radius 3 is 3.12 bits per heavy atom. The van der Waals surface area contributed by atoms with E-state index in [2.05, 4.69) is 24.4 Å². The van der Waals surface area contributed by atoms with Crippen LogP contribution in [0, 0.1) is 0 Å². The van der Waals surface area contributed by atoms with Crippen molar-refractivity contribution in [3.05, 3.63) is 47.2 Å². The third-order valence-electron chi connectivity index (χ3n) is 3.02. The Labute approximate surface area is 108 Å². The van der Waals surface area contributed by atoms with Crippen LogP contribution in [0.1, 0.15) is 31.4 Å². The Bertz CT molecular complexity index is 392. The van der Waals surface area contributed by atoms with Gasteiger partial charge in [0.25, 0.3) is 0 Å². The molecular formula is C14H18ClNO. The highest BCUT2D eigenvalue weighted by Gasteiger charge is 2.12. The summed E-state index contributed by atoms with van der Waals surface area (Å²) >= 11 is 5.98. The molecule has 0 saturated carbocycles. The molecule has 17 heavy (non-hydrogen) atoms. The number of halogens is 1. The van der Waals surface area contributed by atoms with Crippen molar-refractivity contribution < 1.29 is 4.74 Å². The minimum absolute atomic E-state index is 0.293. The van der Waals surface area contributed by atoms with Crippen LogP contribution < -0.4 is 5.32 Å². The molecule has 0 aliphatic carbocycles. The molecule has 2 rings (SSSR count). The molecule has 1 aromatic carbocycles. The summed E-state index contributed by atoms with van der Waals surface area (Å²) in [4.78, 5) is 0. The van der Waals surface area contributed by atoms with Gasteiger partial charge in [0.15, 0.2) is 0 Å². The number of hydrogen-bond donors (Lipinski definition) is 1. The fourth-order valence-electron chi connectivity index (χ4n) is 1.94. The summed E-state index contributed by atoms with van der Waals surface area (Å²) < 4.78 is 5.52. The summed E-state index contributed by atoms with van der Waals surface area (Å²) in [7, 11) is 0. The number of nitrogens with one attached hydrogen (secondary N) is 1. The van der Waals surface area contributed by atoms with Gasteiger partial charge in [-0.1, -0.05) is 23.7 Å². The zero-order valence-electron chi connectivity index (χ0n) is 10.0. The Balaban J connectivity index is 1.84. The van der Waals surface area contributed by atoms with Crippen LogP contribution in [-0.2, 0) is 4.74 Å². The van der Waals surface area contributed by atoms with Crippen molar-refractivity contribution >= 4 is 11.6 Å². The molecule has 1 unspecified atom stereocenters. The van der Waals surface area contributed by atoms with Crippen LogP contribution in [0.2, 0.25) is 5.02 Å². The summed E-state index contributed by atoms with van der Waals surface area (Å²) in [5.74, 6) is 0. The normalized spacial score (nSPS) is 20.9. The zero-order chi connectivity index (χ0) is 12.1. The maximum absolute atomic E-state index is 5.98. The van der Waals surface area contributed by atoms with Gasteiger partial charge in [0, 0.05) is 17.6 Å². The maximum atomic E-state index is 5.98. The van der Waals surface area contributed by atoms with Gasteiger partial charge < -0.3 is 10.1 Å². The smallest absolute Gasteiger partial charge is 0.110 e. The number of rotatable bonds is 4. The quantitative estimate of drug-likeness (QED) is 0.881. The van der Waals surface area contributed by atoms with Crippen molar-refractivity contribution in [1.29, 1.82) is 0 Å². The molecule has 0 amide bonds. The topological polar surface area (TPSA) is 21.3 Å². The fraction of sp³-hybridized carbons (Fsp3) is 0.429. The standard InChI is InChI=1S/C14H18ClNO/c1-11(12-5-4-6-13(15)9-12)16-10-14-7-2-3-8-17-14/h3-6,8-9,11,14,16H,2,7,10H2,1H3/t11-,14?/m0/s1. The predicted molar refractivity (Wildman–Crippen MR) is 71.1 cm³/mol. The minimum Gasteiger partial charge on any atom is -0.497 e. The van der Waals surface area contributed by atoms with E-state index in [1.807, 2.05) is 18.2 Å². The number of benzene rings is 1. The van der Waals surface area contributed by atoms with Crippen LogP contribution in [0.3, 0.4) is 0 Å². The molecule has 0 saturated heterocycles. The summed E-state index contributed by atoms with van der Waals surface area (Å²) in [5, 5.41) is 4.26. The molecule has 1 N–H and O–H groups in total. The summed E-state index contributed by atoms with van der Waals surface area (Å²) in [6, 6.07) is 8.26. The van der Waals surface area contributed by atoms with Crippen LogP contribution in [0.25, 0.3) is 0 Å². The minimum atomic E-state index is 0.293. The fourth-order valence-corrected chi connectivity index (χ4v) is 2.14. The third-order valence-corrected chi connectivity index (χ3v) is 3.26. The second-order valence-electron chi connectivity index (χ2n) is 4.39. The molecule has 0 fully saturated rings. The lowest BCUT2D eigenvalue weighted by atomic mass is 10.1. The highest BCUT2D eigenvalue weighted by molar-refractivity contribution is 6.30. The predicted octanol–water partition coefficient (Wildman–Crippen LogP) is 3.68. The first-order valence-electron chi connectivity index (χ1n) is 6.05. The molecule has 92 valence electrons. The average molecular weight is 252 g/mol. The van der Waals surface area contributed by atoms with Crippen LogP contribution in [0.15, 0.2) is 36.6 Å². The van der Waals surface area contributed by atoms with Crippen LogP contribution in [0.5, 0.6) is 0 Å².